The van der Waals surface area contributed by atoms with Crippen LogP contribution in [-0.2, 0) is 0 Å². The number of carbonyl (C=O) groups excluding carboxylic acids is 1. The Morgan fingerprint density at radius 2 is 2.24 bits per heavy atom. The molecule has 17 heavy (non-hydrogen) atoms. The van der Waals surface area contributed by atoms with Crippen LogP contribution in [0.1, 0.15) is 16.1 Å². The molecule has 0 fully saturated rings. The van der Waals surface area contributed by atoms with Gasteiger partial charge < -0.3 is 9.84 Å². The van der Waals surface area contributed by atoms with E-state index in [9.17, 15) is 9.90 Å². The number of nitrogens with zero attached hydrogens (tertiary/aromatic N) is 1. The lowest BCUT2D eigenvalue weighted by atomic mass is 10.0. The van der Waals surface area contributed by atoms with Crippen LogP contribution in [0.5, 0.6) is 11.5 Å². The summed E-state index contributed by atoms with van der Waals surface area (Å²) in [5, 5.41) is 16.4. The van der Waals surface area contributed by atoms with Crippen LogP contribution in [0, 0.1) is 6.92 Å². The number of aromatic nitrogens is 2. The van der Waals surface area contributed by atoms with E-state index < -0.39 is 0 Å². The predicted molar refractivity (Wildman–Crippen MR) is 62.4 cm³/mol. The van der Waals surface area contributed by atoms with Crippen LogP contribution in [0.15, 0.2) is 18.3 Å². The zero-order valence-electron chi connectivity index (χ0n) is 9.52. The van der Waals surface area contributed by atoms with Gasteiger partial charge in [-0.15, -0.1) is 0 Å². The van der Waals surface area contributed by atoms with Crippen LogP contribution >= 0.6 is 0 Å². The SMILES string of the molecule is COc1cc(-c2cn[nH]c2C)cc(C=O)c1O. The quantitative estimate of drug-likeness (QED) is 0.792. The number of aldehydes is 1. The summed E-state index contributed by atoms with van der Waals surface area (Å²) in [4.78, 5) is 10.9. The Hall–Kier alpha value is -2.30. The maximum absolute atomic E-state index is 10.9. The summed E-state index contributed by atoms with van der Waals surface area (Å²) >= 11 is 0. The lowest BCUT2D eigenvalue weighted by Crippen LogP contribution is -1.91. The number of aryl methyl sites for hydroxylation is 1. The fraction of sp³-hybridized carbons (Fsp3) is 0.167. The summed E-state index contributed by atoms with van der Waals surface area (Å²) in [6.45, 7) is 1.88. The van der Waals surface area contributed by atoms with E-state index >= 15 is 0 Å². The molecule has 0 saturated heterocycles. The molecule has 0 aliphatic carbocycles. The number of rotatable bonds is 3. The molecule has 0 atom stereocenters. The van der Waals surface area contributed by atoms with Gasteiger partial charge in [-0.1, -0.05) is 0 Å². The Bertz CT molecular complexity index is 561. The Labute approximate surface area is 98.0 Å². The molecule has 0 spiro atoms. The number of nitrogens with one attached hydrogen (secondary N) is 1. The van der Waals surface area contributed by atoms with Gasteiger partial charge in [0.25, 0.3) is 0 Å². The number of carbonyl (C=O) groups is 1. The normalized spacial score (nSPS) is 10.2. The van der Waals surface area contributed by atoms with Crippen molar-refractivity contribution in [3.8, 4) is 22.6 Å². The van der Waals surface area contributed by atoms with E-state index in [0.717, 1.165) is 16.8 Å². The van der Waals surface area contributed by atoms with E-state index in [-0.39, 0.29) is 17.1 Å². The van der Waals surface area contributed by atoms with E-state index in [4.69, 9.17) is 4.74 Å². The van der Waals surface area contributed by atoms with Crippen molar-refractivity contribution in [3.05, 3.63) is 29.6 Å². The average molecular weight is 232 g/mol. The van der Waals surface area contributed by atoms with Crippen LogP contribution in [0.2, 0.25) is 0 Å². The number of benzene rings is 1. The minimum Gasteiger partial charge on any atom is -0.504 e. The fourth-order valence-electron chi connectivity index (χ4n) is 1.67. The molecule has 2 rings (SSSR count). The fourth-order valence-corrected chi connectivity index (χ4v) is 1.67. The molecule has 0 unspecified atom stereocenters. The molecule has 5 nitrogen and oxygen atoms in total. The molecule has 2 N–H and O–H groups in total. The third-order valence-electron chi connectivity index (χ3n) is 2.59. The summed E-state index contributed by atoms with van der Waals surface area (Å²) in [5.41, 5.74) is 2.72. The van der Waals surface area contributed by atoms with E-state index in [1.807, 2.05) is 6.92 Å². The molecule has 5 heteroatoms. The number of phenolic OH excluding ortho intramolecular Hbond substituents is 1. The molecule has 1 aromatic carbocycles. The van der Waals surface area contributed by atoms with Gasteiger partial charge in [-0.25, -0.2) is 0 Å². The highest BCUT2D eigenvalue weighted by atomic mass is 16.5. The number of H-pyrrole nitrogens is 1. The molecule has 0 radical (unpaired) electrons. The van der Waals surface area contributed by atoms with E-state index in [1.54, 1.807) is 18.3 Å². The maximum atomic E-state index is 10.9. The van der Waals surface area contributed by atoms with E-state index in [2.05, 4.69) is 10.2 Å². The standard InChI is InChI=1S/C12H12N2O3/c1-7-10(5-13-14-7)8-3-9(6-15)12(16)11(4-8)17-2/h3-6,16H,1-2H3,(H,13,14). The van der Waals surface area contributed by atoms with Gasteiger partial charge in [-0.05, 0) is 24.6 Å². The van der Waals surface area contributed by atoms with Gasteiger partial charge >= 0.3 is 0 Å². The zero-order chi connectivity index (χ0) is 12.4. The minimum atomic E-state index is -0.146. The van der Waals surface area contributed by atoms with Gasteiger partial charge in [0.1, 0.15) is 0 Å². The number of aromatic amines is 1. The zero-order valence-corrected chi connectivity index (χ0v) is 9.52. The summed E-state index contributed by atoms with van der Waals surface area (Å²) in [6, 6.07) is 3.27. The first-order valence-corrected chi connectivity index (χ1v) is 5.04. The first-order valence-electron chi connectivity index (χ1n) is 5.04. The second kappa shape index (κ2) is 4.29. The third kappa shape index (κ3) is 1.87. The highest BCUT2D eigenvalue weighted by Crippen LogP contribution is 2.35. The van der Waals surface area contributed by atoms with Crippen molar-refractivity contribution >= 4 is 6.29 Å². The molecule has 2 aromatic rings. The van der Waals surface area contributed by atoms with Gasteiger partial charge in [0.05, 0.1) is 18.9 Å². The van der Waals surface area contributed by atoms with E-state index in [1.165, 1.54) is 7.11 Å². The highest BCUT2D eigenvalue weighted by molar-refractivity contribution is 5.85. The van der Waals surface area contributed by atoms with Crippen molar-refractivity contribution in [2.45, 2.75) is 6.92 Å². The highest BCUT2D eigenvalue weighted by Gasteiger charge is 2.13. The van der Waals surface area contributed by atoms with Crippen LogP contribution in [0.25, 0.3) is 11.1 Å². The largest absolute Gasteiger partial charge is 0.504 e. The Kier molecular flexibility index (Phi) is 2.82. The summed E-state index contributed by atoms with van der Waals surface area (Å²) in [5.74, 6) is 0.123. The lowest BCUT2D eigenvalue weighted by Gasteiger charge is -2.08. The van der Waals surface area contributed by atoms with E-state index in [0.29, 0.717) is 6.29 Å². The second-order valence-electron chi connectivity index (χ2n) is 3.64. The second-order valence-corrected chi connectivity index (χ2v) is 3.64. The molecule has 0 aliphatic rings. The van der Waals surface area contributed by atoms with Crippen LogP contribution < -0.4 is 4.74 Å². The lowest BCUT2D eigenvalue weighted by molar-refractivity contribution is 0.112. The van der Waals surface area contributed by atoms with Gasteiger partial charge in [-0.2, -0.15) is 5.10 Å². The number of methoxy groups -OCH3 is 1. The van der Waals surface area contributed by atoms with Crippen molar-refractivity contribution in [3.63, 3.8) is 0 Å². The summed E-state index contributed by atoms with van der Waals surface area (Å²) in [6.07, 6.45) is 2.26. The Morgan fingerprint density at radius 1 is 1.47 bits per heavy atom. The predicted octanol–water partition coefficient (Wildman–Crippen LogP) is 1.91. The summed E-state index contributed by atoms with van der Waals surface area (Å²) < 4.78 is 5.03. The van der Waals surface area contributed by atoms with Crippen molar-refractivity contribution in [1.82, 2.24) is 10.2 Å². The average Bonchev–Trinajstić information content (AvgIpc) is 2.76. The van der Waals surface area contributed by atoms with Gasteiger partial charge in [0.15, 0.2) is 17.8 Å². The molecule has 0 saturated carbocycles. The van der Waals surface area contributed by atoms with Gasteiger partial charge in [-0.3, -0.25) is 9.89 Å². The topological polar surface area (TPSA) is 75.2 Å². The molecule has 0 amide bonds. The molecule has 88 valence electrons. The third-order valence-corrected chi connectivity index (χ3v) is 2.59. The minimum absolute atomic E-state index is 0.146. The molecular weight excluding hydrogens is 220 g/mol. The van der Waals surface area contributed by atoms with Gasteiger partial charge in [0, 0.05) is 11.3 Å². The Morgan fingerprint density at radius 3 is 2.76 bits per heavy atom. The smallest absolute Gasteiger partial charge is 0.168 e. The monoisotopic (exact) mass is 232 g/mol. The first kappa shape index (κ1) is 11.2. The molecule has 1 heterocycles. The number of aromatic hydroxyl groups is 1. The molecule has 0 bridgehead atoms. The Balaban J connectivity index is 2.64. The van der Waals surface area contributed by atoms with Crippen molar-refractivity contribution in [2.24, 2.45) is 0 Å². The molecule has 1 aromatic heterocycles. The van der Waals surface area contributed by atoms with Crippen LogP contribution in [0.3, 0.4) is 0 Å². The summed E-state index contributed by atoms with van der Waals surface area (Å²) in [7, 11) is 1.44. The van der Waals surface area contributed by atoms with Crippen molar-refractivity contribution in [1.29, 1.82) is 0 Å². The number of hydrogen-bond donors (Lipinski definition) is 2. The van der Waals surface area contributed by atoms with Crippen molar-refractivity contribution in [2.75, 3.05) is 7.11 Å². The number of phenols is 1. The maximum Gasteiger partial charge on any atom is 0.168 e. The van der Waals surface area contributed by atoms with Gasteiger partial charge in [0.2, 0.25) is 0 Å². The van der Waals surface area contributed by atoms with Crippen LogP contribution in [-0.4, -0.2) is 28.7 Å². The number of ether oxygens (including phenoxy) is 1. The first-order chi connectivity index (χ1) is 8.17. The molecular formula is C12H12N2O3. The molecule has 0 aliphatic heterocycles. The number of hydrogen-bond acceptors (Lipinski definition) is 4. The van der Waals surface area contributed by atoms with Crippen molar-refractivity contribution < 1.29 is 14.6 Å². The van der Waals surface area contributed by atoms with Crippen LogP contribution in [0.4, 0.5) is 0 Å².